The normalized spacial score (nSPS) is 14.6. The number of benzene rings is 3. The number of rotatable bonds is 2. The van der Waals surface area contributed by atoms with Crippen LogP contribution in [0.2, 0.25) is 0 Å². The van der Waals surface area contributed by atoms with Crippen LogP contribution in [0.5, 0.6) is 0 Å². The van der Waals surface area contributed by atoms with Crippen LogP contribution in [0.25, 0.3) is 21.5 Å². The second-order valence-corrected chi connectivity index (χ2v) is 7.80. The highest BCUT2D eigenvalue weighted by atomic mass is 19.4. The molecule has 0 aliphatic carbocycles. The standard InChI is InChI=1S/C20H12F12N2O2/c21-17(22,23)15(35,18(24,25)26)11-5-9-7(3-13(11)33)1-2-8-4-14(34)12(6-10(8)9)16(36,19(27,28)29)20(30,31)32/h1-6,35-36H,33-34H2. The number of halogens is 12. The molecule has 0 aliphatic rings. The summed E-state index contributed by atoms with van der Waals surface area (Å²) >= 11 is 0. The molecule has 4 nitrogen and oxygen atoms in total. The Labute approximate surface area is 191 Å². The van der Waals surface area contributed by atoms with Crippen molar-refractivity contribution in [2.75, 3.05) is 11.5 Å². The molecule has 3 aromatic rings. The molecule has 3 rings (SSSR count). The summed E-state index contributed by atoms with van der Waals surface area (Å²) in [6, 6.07) is 3.21. The topological polar surface area (TPSA) is 92.5 Å². The maximum Gasteiger partial charge on any atom is 0.430 e. The van der Waals surface area contributed by atoms with Gasteiger partial charge in [-0.1, -0.05) is 12.1 Å². The number of anilines is 2. The number of nitrogens with two attached hydrogens (primary N) is 2. The summed E-state index contributed by atoms with van der Waals surface area (Å²) in [6.07, 6.45) is -25.6. The van der Waals surface area contributed by atoms with E-state index in [4.69, 9.17) is 11.5 Å². The van der Waals surface area contributed by atoms with Crippen LogP contribution in [0.1, 0.15) is 11.1 Å². The molecule has 0 radical (unpaired) electrons. The molecule has 36 heavy (non-hydrogen) atoms. The molecule has 0 saturated carbocycles. The number of nitrogen functional groups attached to an aromatic ring is 2. The van der Waals surface area contributed by atoms with Crippen LogP contribution in [-0.4, -0.2) is 34.9 Å². The minimum Gasteiger partial charge on any atom is -0.398 e. The van der Waals surface area contributed by atoms with Gasteiger partial charge in [-0.3, -0.25) is 0 Å². The summed E-state index contributed by atoms with van der Waals surface area (Å²) in [4.78, 5) is 0. The Morgan fingerprint density at radius 2 is 0.722 bits per heavy atom. The van der Waals surface area contributed by atoms with Gasteiger partial charge >= 0.3 is 24.7 Å². The zero-order valence-corrected chi connectivity index (χ0v) is 17.0. The SMILES string of the molecule is Nc1cc2ccc3cc(N)c(C(O)(C(F)(F)F)C(F)(F)F)cc3c2cc1C(O)(C(F)(F)F)C(F)(F)F. The van der Waals surface area contributed by atoms with E-state index in [9.17, 15) is 62.9 Å². The molecule has 0 aliphatic heterocycles. The minimum absolute atomic E-state index is 0.0498. The molecule has 198 valence electrons. The van der Waals surface area contributed by atoms with Gasteiger partial charge in [-0.2, -0.15) is 52.7 Å². The summed E-state index contributed by atoms with van der Waals surface area (Å²) in [5.74, 6) is 0. The third-order valence-corrected chi connectivity index (χ3v) is 5.60. The summed E-state index contributed by atoms with van der Waals surface area (Å²) in [5, 5.41) is 17.3. The lowest BCUT2D eigenvalue weighted by molar-refractivity contribution is -0.376. The fraction of sp³-hybridized carbons (Fsp3) is 0.300. The molecule has 0 fully saturated rings. The molecule has 0 bridgehead atoms. The first-order valence-corrected chi connectivity index (χ1v) is 9.26. The first-order valence-electron chi connectivity index (χ1n) is 9.26. The highest BCUT2D eigenvalue weighted by Gasteiger charge is 2.73. The monoisotopic (exact) mass is 540 g/mol. The summed E-state index contributed by atoms with van der Waals surface area (Å²) in [6.45, 7) is 0. The van der Waals surface area contributed by atoms with Gasteiger partial charge in [0.15, 0.2) is 0 Å². The average Bonchev–Trinajstić information content (AvgIpc) is 2.68. The minimum atomic E-state index is -6.39. The van der Waals surface area contributed by atoms with Crippen LogP contribution in [0.15, 0.2) is 36.4 Å². The van der Waals surface area contributed by atoms with E-state index in [0.717, 1.165) is 12.1 Å². The molecule has 0 saturated heterocycles. The summed E-state index contributed by atoms with van der Waals surface area (Å²) in [5.41, 5.74) is -6.82. The van der Waals surface area contributed by atoms with Crippen LogP contribution in [-0.2, 0) is 11.2 Å². The van der Waals surface area contributed by atoms with Gasteiger partial charge in [0.2, 0.25) is 0 Å². The lowest BCUT2D eigenvalue weighted by atomic mass is 9.85. The molecule has 0 heterocycles. The second-order valence-electron chi connectivity index (χ2n) is 7.80. The molecule has 0 spiro atoms. The van der Waals surface area contributed by atoms with Gasteiger partial charge in [-0.25, -0.2) is 0 Å². The molecular weight excluding hydrogens is 528 g/mol. The van der Waals surface area contributed by atoms with Crippen LogP contribution in [0.3, 0.4) is 0 Å². The van der Waals surface area contributed by atoms with Gasteiger partial charge in [-0.05, 0) is 45.8 Å². The third-order valence-electron chi connectivity index (χ3n) is 5.60. The summed E-state index contributed by atoms with van der Waals surface area (Å²) in [7, 11) is 0. The van der Waals surface area contributed by atoms with E-state index in [2.05, 4.69) is 0 Å². The predicted molar refractivity (Wildman–Crippen MR) is 102 cm³/mol. The van der Waals surface area contributed by atoms with E-state index in [0.29, 0.717) is 12.1 Å². The van der Waals surface area contributed by atoms with Crippen molar-refractivity contribution in [2.45, 2.75) is 35.9 Å². The van der Waals surface area contributed by atoms with Crippen molar-refractivity contribution in [3.63, 3.8) is 0 Å². The largest absolute Gasteiger partial charge is 0.430 e. The van der Waals surface area contributed by atoms with Gasteiger partial charge < -0.3 is 21.7 Å². The van der Waals surface area contributed by atoms with Gasteiger partial charge in [0.05, 0.1) is 0 Å². The van der Waals surface area contributed by atoms with Gasteiger partial charge in [-0.15, -0.1) is 0 Å². The lowest BCUT2D eigenvalue weighted by Crippen LogP contribution is -2.54. The predicted octanol–water partition coefficient (Wildman–Crippen LogP) is 5.78. The molecule has 0 aromatic heterocycles. The maximum atomic E-state index is 13.4. The lowest BCUT2D eigenvalue weighted by Gasteiger charge is -2.34. The molecule has 16 heteroatoms. The quantitative estimate of drug-likeness (QED) is 0.188. The van der Waals surface area contributed by atoms with E-state index < -0.39 is 69.2 Å². The van der Waals surface area contributed by atoms with Crippen molar-refractivity contribution in [3.8, 4) is 0 Å². The van der Waals surface area contributed by atoms with E-state index in [1.807, 2.05) is 0 Å². The molecule has 3 aromatic carbocycles. The molecule has 6 N–H and O–H groups in total. The highest BCUT2D eigenvalue weighted by molar-refractivity contribution is 6.10. The third kappa shape index (κ3) is 3.73. The average molecular weight is 540 g/mol. The van der Waals surface area contributed by atoms with Crippen molar-refractivity contribution < 1.29 is 62.9 Å². The smallest absolute Gasteiger partial charge is 0.398 e. The number of hydrogen-bond acceptors (Lipinski definition) is 4. The Hall–Kier alpha value is -3.14. The molecular formula is C20H12F12N2O2. The van der Waals surface area contributed by atoms with E-state index in [-0.39, 0.29) is 22.9 Å². The van der Waals surface area contributed by atoms with Gasteiger partial charge in [0.1, 0.15) is 0 Å². The Balaban J connectivity index is 2.52. The summed E-state index contributed by atoms with van der Waals surface area (Å²) < 4.78 is 161. The van der Waals surface area contributed by atoms with Crippen molar-refractivity contribution in [2.24, 2.45) is 0 Å². The zero-order chi connectivity index (χ0) is 27.9. The van der Waals surface area contributed by atoms with Crippen LogP contribution in [0.4, 0.5) is 64.1 Å². The van der Waals surface area contributed by atoms with Gasteiger partial charge in [0, 0.05) is 22.5 Å². The number of aliphatic hydroxyl groups is 2. The molecule has 0 unspecified atom stereocenters. The number of fused-ring (bicyclic) bond motifs is 3. The Morgan fingerprint density at radius 1 is 0.472 bits per heavy atom. The first kappa shape index (κ1) is 27.4. The van der Waals surface area contributed by atoms with Gasteiger partial charge in [0.25, 0.3) is 11.2 Å². The second kappa shape index (κ2) is 7.68. The van der Waals surface area contributed by atoms with Crippen molar-refractivity contribution in [3.05, 3.63) is 47.5 Å². The van der Waals surface area contributed by atoms with Crippen LogP contribution in [0, 0.1) is 0 Å². The maximum absolute atomic E-state index is 13.4. The number of alkyl halides is 12. The van der Waals surface area contributed by atoms with Crippen LogP contribution >= 0.6 is 0 Å². The van der Waals surface area contributed by atoms with Crippen molar-refractivity contribution >= 4 is 32.9 Å². The molecule has 0 atom stereocenters. The van der Waals surface area contributed by atoms with E-state index in [1.165, 1.54) is 0 Å². The first-order chi connectivity index (χ1) is 16.0. The fourth-order valence-electron chi connectivity index (χ4n) is 3.75. The Bertz CT molecular complexity index is 1210. The highest BCUT2D eigenvalue weighted by Crippen LogP contribution is 2.54. The van der Waals surface area contributed by atoms with E-state index >= 15 is 0 Å². The number of hydrogen-bond donors (Lipinski definition) is 4. The fourth-order valence-corrected chi connectivity index (χ4v) is 3.75. The van der Waals surface area contributed by atoms with Crippen molar-refractivity contribution in [1.29, 1.82) is 0 Å². The van der Waals surface area contributed by atoms with E-state index in [1.54, 1.807) is 0 Å². The zero-order valence-electron chi connectivity index (χ0n) is 17.0. The Kier molecular flexibility index (Phi) is 5.85. The van der Waals surface area contributed by atoms with Crippen LogP contribution < -0.4 is 11.5 Å². The molecule has 0 amide bonds. The Morgan fingerprint density at radius 3 is 0.944 bits per heavy atom. The van der Waals surface area contributed by atoms with Crippen molar-refractivity contribution in [1.82, 2.24) is 0 Å².